The summed E-state index contributed by atoms with van der Waals surface area (Å²) in [6.45, 7) is 10.9. The van der Waals surface area contributed by atoms with E-state index < -0.39 is 10.0 Å². The highest BCUT2D eigenvalue weighted by atomic mass is 32.2. The molecule has 0 radical (unpaired) electrons. The van der Waals surface area contributed by atoms with E-state index in [-0.39, 0.29) is 11.5 Å². The normalized spacial score (nSPS) is 18.8. The van der Waals surface area contributed by atoms with Crippen LogP contribution in [0.1, 0.15) is 44.4 Å². The summed E-state index contributed by atoms with van der Waals surface area (Å²) in [7, 11) is -3.50. The summed E-state index contributed by atoms with van der Waals surface area (Å²) in [5.74, 6) is 0. The first-order chi connectivity index (χ1) is 12.1. The molecule has 0 amide bonds. The number of sulfonamides is 1. The molecule has 26 heavy (non-hydrogen) atoms. The van der Waals surface area contributed by atoms with Gasteiger partial charge in [-0.05, 0) is 48.1 Å². The number of hydrogen-bond donors (Lipinski definition) is 0. The number of benzene rings is 2. The Kier molecular flexibility index (Phi) is 4.84. The summed E-state index contributed by atoms with van der Waals surface area (Å²) in [6, 6.07) is 15.4. The van der Waals surface area contributed by atoms with Crippen molar-refractivity contribution in [2.45, 2.75) is 51.0 Å². The first-order valence-electron chi connectivity index (χ1n) is 9.00. The van der Waals surface area contributed by atoms with Crippen LogP contribution in [0.25, 0.3) is 5.57 Å². The molecular formula is C22H27NO2S. The van der Waals surface area contributed by atoms with Gasteiger partial charge < -0.3 is 0 Å². The van der Waals surface area contributed by atoms with Gasteiger partial charge in [0.25, 0.3) is 0 Å². The molecule has 1 heterocycles. The highest BCUT2D eigenvalue weighted by Crippen LogP contribution is 2.33. The fourth-order valence-corrected chi connectivity index (χ4v) is 4.90. The zero-order valence-corrected chi connectivity index (χ0v) is 17.0. The fraction of sp³-hybridized carbons (Fsp3) is 0.364. The molecule has 0 bridgehead atoms. The highest BCUT2D eigenvalue weighted by molar-refractivity contribution is 7.89. The van der Waals surface area contributed by atoms with Crippen molar-refractivity contribution in [3.05, 3.63) is 71.3 Å². The van der Waals surface area contributed by atoms with Crippen molar-refractivity contribution in [3.63, 3.8) is 0 Å². The van der Waals surface area contributed by atoms with Crippen LogP contribution in [0.4, 0.5) is 0 Å². The molecule has 2 aromatic carbocycles. The maximum Gasteiger partial charge on any atom is 0.243 e. The van der Waals surface area contributed by atoms with Gasteiger partial charge in [-0.1, -0.05) is 68.8 Å². The van der Waals surface area contributed by atoms with Crippen molar-refractivity contribution in [3.8, 4) is 0 Å². The van der Waals surface area contributed by atoms with Gasteiger partial charge >= 0.3 is 0 Å². The van der Waals surface area contributed by atoms with E-state index in [9.17, 15) is 8.42 Å². The first-order valence-corrected chi connectivity index (χ1v) is 10.4. The van der Waals surface area contributed by atoms with E-state index in [1.807, 2.05) is 32.1 Å². The summed E-state index contributed by atoms with van der Waals surface area (Å²) in [5, 5.41) is 0. The summed E-state index contributed by atoms with van der Waals surface area (Å²) in [6.07, 6.45) is 2.03. The Labute approximate surface area is 157 Å². The first kappa shape index (κ1) is 18.9. The average molecular weight is 370 g/mol. The lowest BCUT2D eigenvalue weighted by molar-refractivity contribution is 0.432. The van der Waals surface area contributed by atoms with Gasteiger partial charge in [-0.2, -0.15) is 4.31 Å². The fourth-order valence-electron chi connectivity index (χ4n) is 3.35. The van der Waals surface area contributed by atoms with E-state index in [1.165, 1.54) is 5.56 Å². The van der Waals surface area contributed by atoms with Gasteiger partial charge in [-0.3, -0.25) is 0 Å². The quantitative estimate of drug-likeness (QED) is 0.781. The lowest BCUT2D eigenvalue weighted by Gasteiger charge is -2.24. The van der Waals surface area contributed by atoms with E-state index in [0.29, 0.717) is 11.4 Å². The third-order valence-corrected chi connectivity index (χ3v) is 7.04. The van der Waals surface area contributed by atoms with Crippen LogP contribution in [0.15, 0.2) is 59.5 Å². The molecule has 2 aromatic rings. The number of hydrogen-bond acceptors (Lipinski definition) is 2. The second-order valence-electron chi connectivity index (χ2n) is 8.05. The minimum absolute atomic E-state index is 0.106. The van der Waals surface area contributed by atoms with Crippen molar-refractivity contribution in [2.24, 2.45) is 0 Å². The molecule has 0 spiro atoms. The van der Waals surface area contributed by atoms with Crippen molar-refractivity contribution < 1.29 is 8.42 Å². The van der Waals surface area contributed by atoms with Gasteiger partial charge in [0.1, 0.15) is 0 Å². The Balaban J connectivity index is 1.85. The maximum atomic E-state index is 13.0. The van der Waals surface area contributed by atoms with Gasteiger partial charge in [0, 0.05) is 12.6 Å². The molecule has 0 saturated carbocycles. The molecule has 3 rings (SSSR count). The van der Waals surface area contributed by atoms with Crippen molar-refractivity contribution in [1.29, 1.82) is 0 Å². The van der Waals surface area contributed by atoms with E-state index in [0.717, 1.165) is 16.7 Å². The van der Waals surface area contributed by atoms with Crippen LogP contribution in [0.2, 0.25) is 0 Å². The molecule has 4 heteroatoms. The predicted molar refractivity (Wildman–Crippen MR) is 108 cm³/mol. The van der Waals surface area contributed by atoms with Crippen LogP contribution >= 0.6 is 0 Å². The average Bonchev–Trinajstić information content (AvgIpc) is 2.97. The lowest BCUT2D eigenvalue weighted by atomic mass is 9.86. The Hall–Kier alpha value is -1.91. The Morgan fingerprint density at radius 2 is 1.54 bits per heavy atom. The van der Waals surface area contributed by atoms with Crippen LogP contribution in [-0.2, 0) is 15.4 Å². The minimum Gasteiger partial charge on any atom is -0.207 e. The maximum absolute atomic E-state index is 13.0. The van der Waals surface area contributed by atoms with Crippen LogP contribution in [0.3, 0.4) is 0 Å². The van der Waals surface area contributed by atoms with E-state index >= 15 is 0 Å². The van der Waals surface area contributed by atoms with Crippen LogP contribution in [0.5, 0.6) is 0 Å². The van der Waals surface area contributed by atoms with E-state index in [2.05, 4.69) is 45.0 Å². The molecule has 0 aliphatic carbocycles. The summed E-state index contributed by atoms with van der Waals surface area (Å²) in [4.78, 5) is 0.354. The molecule has 0 N–H and O–H groups in total. The molecule has 138 valence electrons. The molecule has 0 unspecified atom stereocenters. The van der Waals surface area contributed by atoms with Crippen LogP contribution in [0, 0.1) is 6.92 Å². The third kappa shape index (κ3) is 3.49. The monoisotopic (exact) mass is 369 g/mol. The van der Waals surface area contributed by atoms with Crippen LogP contribution < -0.4 is 0 Å². The molecule has 0 saturated heterocycles. The van der Waals surface area contributed by atoms with E-state index in [4.69, 9.17) is 0 Å². The molecule has 1 aliphatic heterocycles. The Bertz CT molecular complexity index is 918. The second-order valence-corrected chi connectivity index (χ2v) is 9.94. The van der Waals surface area contributed by atoms with Gasteiger partial charge in [-0.25, -0.2) is 8.42 Å². The van der Waals surface area contributed by atoms with Gasteiger partial charge in [-0.15, -0.1) is 0 Å². The SMILES string of the molecule is Cc1ccc(S(=O)(=O)N2CC=C(c3ccc(C(C)(C)C)cc3)[C@@H]2C)cc1. The minimum atomic E-state index is -3.50. The van der Waals surface area contributed by atoms with Gasteiger partial charge in [0.15, 0.2) is 0 Å². The standard InChI is InChI=1S/C22H27NO2S/c1-16-6-12-20(13-7-16)26(24,25)23-15-14-21(17(23)2)18-8-10-19(11-9-18)22(3,4)5/h6-14,17H,15H2,1-5H3/t17-/m0/s1. The smallest absolute Gasteiger partial charge is 0.207 e. The molecule has 1 aliphatic rings. The summed E-state index contributed by atoms with van der Waals surface area (Å²) in [5.41, 5.74) is 4.59. The molecule has 1 atom stereocenters. The number of nitrogens with zero attached hydrogens (tertiary/aromatic N) is 1. The van der Waals surface area contributed by atoms with Crippen LogP contribution in [-0.4, -0.2) is 25.3 Å². The Morgan fingerprint density at radius 3 is 2.08 bits per heavy atom. The van der Waals surface area contributed by atoms with Gasteiger partial charge in [0.2, 0.25) is 10.0 Å². The van der Waals surface area contributed by atoms with Crippen molar-refractivity contribution in [1.82, 2.24) is 4.31 Å². The largest absolute Gasteiger partial charge is 0.243 e. The number of aryl methyl sites for hydroxylation is 1. The van der Waals surface area contributed by atoms with Crippen molar-refractivity contribution in [2.75, 3.05) is 6.54 Å². The topological polar surface area (TPSA) is 37.4 Å². The zero-order chi connectivity index (χ0) is 19.1. The van der Waals surface area contributed by atoms with E-state index in [1.54, 1.807) is 16.4 Å². The van der Waals surface area contributed by atoms with Crippen molar-refractivity contribution >= 4 is 15.6 Å². The summed E-state index contributed by atoms with van der Waals surface area (Å²) < 4.78 is 27.6. The molecule has 0 aromatic heterocycles. The third-order valence-electron chi connectivity index (χ3n) is 5.09. The zero-order valence-electron chi connectivity index (χ0n) is 16.2. The molecule has 0 fully saturated rings. The lowest BCUT2D eigenvalue weighted by Crippen LogP contribution is -2.35. The predicted octanol–water partition coefficient (Wildman–Crippen LogP) is 4.77. The second kappa shape index (κ2) is 6.67. The Morgan fingerprint density at radius 1 is 0.962 bits per heavy atom. The summed E-state index contributed by atoms with van der Waals surface area (Å²) >= 11 is 0. The molecule has 3 nitrogen and oxygen atoms in total. The molecular weight excluding hydrogens is 342 g/mol. The van der Waals surface area contributed by atoms with Gasteiger partial charge in [0.05, 0.1) is 4.90 Å². The highest BCUT2D eigenvalue weighted by Gasteiger charge is 2.34. The number of rotatable bonds is 3.